The van der Waals surface area contributed by atoms with Gasteiger partial charge in [0.1, 0.15) is 5.56 Å². The first-order valence-electron chi connectivity index (χ1n) is 5.85. The monoisotopic (exact) mass is 257 g/mol. The minimum absolute atomic E-state index is 0.133. The highest BCUT2D eigenvalue weighted by molar-refractivity contribution is 5.93. The normalized spacial score (nSPS) is 10.2. The summed E-state index contributed by atoms with van der Waals surface area (Å²) in [7, 11) is 1.65. The van der Waals surface area contributed by atoms with E-state index in [1.807, 2.05) is 12.1 Å². The smallest absolute Gasteiger partial charge is 0.259 e. The van der Waals surface area contributed by atoms with Crippen LogP contribution in [0.15, 0.2) is 47.5 Å². The first-order chi connectivity index (χ1) is 9.08. The van der Waals surface area contributed by atoms with E-state index in [0.29, 0.717) is 12.2 Å². The highest BCUT2D eigenvalue weighted by Crippen LogP contribution is 2.09. The van der Waals surface area contributed by atoms with Crippen LogP contribution in [0.25, 0.3) is 0 Å². The van der Waals surface area contributed by atoms with Gasteiger partial charge in [-0.2, -0.15) is 0 Å². The maximum absolute atomic E-state index is 12.1. The molecule has 0 saturated heterocycles. The lowest BCUT2D eigenvalue weighted by Gasteiger charge is -2.17. The molecule has 0 saturated carbocycles. The number of benzene rings is 1. The van der Waals surface area contributed by atoms with Gasteiger partial charge in [-0.05, 0) is 17.7 Å². The van der Waals surface area contributed by atoms with Crippen molar-refractivity contribution in [3.63, 3.8) is 0 Å². The zero-order chi connectivity index (χ0) is 13.8. The average Bonchev–Trinajstić information content (AvgIpc) is 2.38. The van der Waals surface area contributed by atoms with Gasteiger partial charge in [0, 0.05) is 37.7 Å². The Balaban J connectivity index is 2.17. The van der Waals surface area contributed by atoms with Crippen LogP contribution in [0.2, 0.25) is 0 Å². The molecule has 0 spiro atoms. The predicted molar refractivity (Wildman–Crippen MR) is 73.7 cm³/mol. The van der Waals surface area contributed by atoms with Crippen molar-refractivity contribution in [3.05, 3.63) is 64.1 Å². The van der Waals surface area contributed by atoms with E-state index in [1.165, 1.54) is 23.4 Å². The molecule has 1 aromatic carbocycles. The minimum atomic E-state index is -0.315. The molecule has 0 aliphatic carbocycles. The Morgan fingerprint density at radius 3 is 2.84 bits per heavy atom. The van der Waals surface area contributed by atoms with Gasteiger partial charge in [-0.3, -0.25) is 9.59 Å². The summed E-state index contributed by atoms with van der Waals surface area (Å²) in [6.45, 7) is 0.401. The SMILES string of the molecule is CN(Cc1cccc(N)c1)C(=O)c1c[nH]ccc1=O. The topological polar surface area (TPSA) is 79.2 Å². The first kappa shape index (κ1) is 12.9. The van der Waals surface area contributed by atoms with Crippen LogP contribution in [0.1, 0.15) is 15.9 Å². The van der Waals surface area contributed by atoms with Gasteiger partial charge in [0.05, 0.1) is 0 Å². The minimum Gasteiger partial charge on any atom is -0.399 e. The maximum atomic E-state index is 12.1. The van der Waals surface area contributed by atoms with E-state index >= 15 is 0 Å². The number of rotatable bonds is 3. The van der Waals surface area contributed by atoms with Gasteiger partial charge >= 0.3 is 0 Å². The molecule has 0 radical (unpaired) electrons. The number of aromatic amines is 1. The molecule has 5 heteroatoms. The maximum Gasteiger partial charge on any atom is 0.259 e. The third kappa shape index (κ3) is 3.01. The number of amides is 1. The summed E-state index contributed by atoms with van der Waals surface area (Å²) < 4.78 is 0. The Morgan fingerprint density at radius 1 is 1.37 bits per heavy atom. The highest BCUT2D eigenvalue weighted by Gasteiger charge is 2.14. The number of nitrogens with zero attached hydrogens (tertiary/aromatic N) is 1. The molecule has 0 aliphatic rings. The number of pyridine rings is 1. The molecular weight excluding hydrogens is 242 g/mol. The number of carbonyl (C=O) groups is 1. The molecular formula is C14H15N3O2. The number of hydrogen-bond acceptors (Lipinski definition) is 3. The lowest BCUT2D eigenvalue weighted by Crippen LogP contribution is -2.30. The lowest BCUT2D eigenvalue weighted by atomic mass is 10.2. The molecule has 19 heavy (non-hydrogen) atoms. The fraction of sp³-hybridized carbons (Fsp3) is 0.143. The Kier molecular flexibility index (Phi) is 3.66. The molecule has 0 aliphatic heterocycles. The Hall–Kier alpha value is -2.56. The van der Waals surface area contributed by atoms with E-state index in [0.717, 1.165) is 5.56 Å². The van der Waals surface area contributed by atoms with Crippen LogP contribution in [-0.2, 0) is 6.54 Å². The molecule has 3 N–H and O–H groups in total. The summed E-state index contributed by atoms with van der Waals surface area (Å²) in [5.74, 6) is -0.315. The van der Waals surface area contributed by atoms with Crippen LogP contribution in [0.4, 0.5) is 5.69 Å². The van der Waals surface area contributed by atoms with E-state index in [-0.39, 0.29) is 16.9 Å². The Labute approximate surface area is 110 Å². The Morgan fingerprint density at radius 2 is 2.16 bits per heavy atom. The molecule has 0 unspecified atom stereocenters. The van der Waals surface area contributed by atoms with E-state index in [1.54, 1.807) is 19.2 Å². The van der Waals surface area contributed by atoms with Crippen molar-refractivity contribution in [3.8, 4) is 0 Å². The molecule has 1 amide bonds. The third-order valence-corrected chi connectivity index (χ3v) is 2.77. The van der Waals surface area contributed by atoms with Gasteiger partial charge in [-0.25, -0.2) is 0 Å². The third-order valence-electron chi connectivity index (χ3n) is 2.77. The number of H-pyrrole nitrogens is 1. The fourth-order valence-corrected chi connectivity index (χ4v) is 1.83. The van der Waals surface area contributed by atoms with Crippen molar-refractivity contribution < 1.29 is 4.79 Å². The zero-order valence-corrected chi connectivity index (χ0v) is 10.6. The first-order valence-corrected chi connectivity index (χ1v) is 5.85. The number of nitrogens with one attached hydrogen (secondary N) is 1. The second-order valence-corrected chi connectivity index (χ2v) is 4.33. The molecule has 1 heterocycles. The number of nitrogens with two attached hydrogens (primary N) is 1. The largest absolute Gasteiger partial charge is 0.399 e. The quantitative estimate of drug-likeness (QED) is 0.812. The van der Waals surface area contributed by atoms with Crippen LogP contribution >= 0.6 is 0 Å². The average molecular weight is 257 g/mol. The summed E-state index contributed by atoms with van der Waals surface area (Å²) in [5, 5.41) is 0. The number of aromatic nitrogens is 1. The summed E-state index contributed by atoms with van der Waals surface area (Å²) in [4.78, 5) is 27.9. The van der Waals surface area contributed by atoms with Crippen LogP contribution < -0.4 is 11.2 Å². The number of hydrogen-bond donors (Lipinski definition) is 2. The van der Waals surface area contributed by atoms with Crippen molar-refractivity contribution in [1.29, 1.82) is 0 Å². The molecule has 0 bridgehead atoms. The second kappa shape index (κ2) is 5.39. The standard InChI is InChI=1S/C14H15N3O2/c1-17(9-10-3-2-4-11(15)7-10)14(19)12-8-16-6-5-13(12)18/h2-8H,9,15H2,1H3,(H,16,18). The molecule has 0 atom stereocenters. The van der Waals surface area contributed by atoms with Gasteiger partial charge in [0.25, 0.3) is 5.91 Å². The van der Waals surface area contributed by atoms with Crippen molar-refractivity contribution in [2.24, 2.45) is 0 Å². The summed E-state index contributed by atoms with van der Waals surface area (Å²) in [6.07, 6.45) is 2.91. The molecule has 98 valence electrons. The van der Waals surface area contributed by atoms with Crippen LogP contribution in [0.3, 0.4) is 0 Å². The van der Waals surface area contributed by atoms with Gasteiger partial charge in [-0.1, -0.05) is 12.1 Å². The second-order valence-electron chi connectivity index (χ2n) is 4.33. The van der Waals surface area contributed by atoms with E-state index in [4.69, 9.17) is 5.73 Å². The number of anilines is 1. The van der Waals surface area contributed by atoms with E-state index < -0.39 is 0 Å². The van der Waals surface area contributed by atoms with Gasteiger partial charge in [0.15, 0.2) is 5.43 Å². The molecule has 0 fully saturated rings. The molecule has 2 aromatic rings. The van der Waals surface area contributed by atoms with Gasteiger partial charge in [0.2, 0.25) is 0 Å². The van der Waals surface area contributed by atoms with Crippen molar-refractivity contribution in [1.82, 2.24) is 9.88 Å². The van der Waals surface area contributed by atoms with Crippen LogP contribution in [0, 0.1) is 0 Å². The van der Waals surface area contributed by atoms with Crippen molar-refractivity contribution in [2.75, 3.05) is 12.8 Å². The zero-order valence-electron chi connectivity index (χ0n) is 10.6. The van der Waals surface area contributed by atoms with Crippen LogP contribution in [0.5, 0.6) is 0 Å². The van der Waals surface area contributed by atoms with E-state index in [9.17, 15) is 9.59 Å². The summed E-state index contributed by atoms with van der Waals surface area (Å²) >= 11 is 0. The van der Waals surface area contributed by atoms with Crippen LogP contribution in [-0.4, -0.2) is 22.8 Å². The molecule has 1 aromatic heterocycles. The lowest BCUT2D eigenvalue weighted by molar-refractivity contribution is 0.0783. The predicted octanol–water partition coefficient (Wildman–Crippen LogP) is 1.23. The molecule has 2 rings (SSSR count). The fourth-order valence-electron chi connectivity index (χ4n) is 1.83. The van der Waals surface area contributed by atoms with Crippen molar-refractivity contribution >= 4 is 11.6 Å². The molecule has 5 nitrogen and oxygen atoms in total. The highest BCUT2D eigenvalue weighted by atomic mass is 16.2. The summed E-state index contributed by atoms with van der Waals surface area (Å²) in [5.41, 5.74) is 7.10. The number of nitrogen functional groups attached to an aromatic ring is 1. The van der Waals surface area contributed by atoms with E-state index in [2.05, 4.69) is 4.98 Å². The Bertz CT molecular complexity index is 649. The van der Waals surface area contributed by atoms with Crippen molar-refractivity contribution in [2.45, 2.75) is 6.54 Å². The summed E-state index contributed by atoms with van der Waals surface area (Å²) in [6, 6.07) is 8.64. The van der Waals surface area contributed by atoms with Gasteiger partial charge in [-0.15, -0.1) is 0 Å². The number of carbonyl (C=O) groups excluding carboxylic acids is 1. The van der Waals surface area contributed by atoms with Gasteiger partial charge < -0.3 is 15.6 Å².